The molecule has 0 spiro atoms. The number of carbonyl (C=O) groups is 1. The molecule has 0 aliphatic heterocycles. The highest BCUT2D eigenvalue weighted by Gasteiger charge is 2.09. The Morgan fingerprint density at radius 1 is 1.47 bits per heavy atom. The zero-order valence-electron chi connectivity index (χ0n) is 11.3. The predicted molar refractivity (Wildman–Crippen MR) is 72.4 cm³/mol. The van der Waals surface area contributed by atoms with Crippen molar-refractivity contribution >= 4 is 5.97 Å². The molecule has 0 bridgehead atoms. The second-order valence-electron chi connectivity index (χ2n) is 4.45. The third kappa shape index (κ3) is 5.28. The van der Waals surface area contributed by atoms with Crippen molar-refractivity contribution in [2.45, 2.75) is 25.9 Å². The highest BCUT2D eigenvalue weighted by atomic mass is 16.5. The van der Waals surface area contributed by atoms with Crippen LogP contribution in [-0.2, 0) is 4.79 Å². The van der Waals surface area contributed by atoms with Crippen molar-refractivity contribution < 1.29 is 19.7 Å². The number of ether oxygens (including phenoxy) is 1. The van der Waals surface area contributed by atoms with Crippen LogP contribution in [0.25, 0.3) is 0 Å². The lowest BCUT2D eigenvalue weighted by molar-refractivity contribution is -0.137. The monoisotopic (exact) mass is 267 g/mol. The van der Waals surface area contributed by atoms with Crippen LogP contribution in [0.2, 0.25) is 0 Å². The molecule has 0 saturated carbocycles. The number of hydrogen-bond donors (Lipinski definition) is 3. The van der Waals surface area contributed by atoms with Gasteiger partial charge in [0, 0.05) is 13.0 Å². The maximum absolute atomic E-state index is 10.3. The molecule has 0 heterocycles. The van der Waals surface area contributed by atoms with Crippen LogP contribution in [0.15, 0.2) is 18.2 Å². The Balaban J connectivity index is 2.39. The molecule has 0 radical (unpaired) electrons. The van der Waals surface area contributed by atoms with Crippen LogP contribution < -0.4 is 10.1 Å². The van der Waals surface area contributed by atoms with Crippen molar-refractivity contribution in [3.63, 3.8) is 0 Å². The van der Waals surface area contributed by atoms with Crippen LogP contribution in [0.3, 0.4) is 0 Å². The van der Waals surface area contributed by atoms with Crippen molar-refractivity contribution in [3.05, 3.63) is 29.3 Å². The van der Waals surface area contributed by atoms with Gasteiger partial charge in [-0.3, -0.25) is 4.79 Å². The van der Waals surface area contributed by atoms with Gasteiger partial charge in [0.25, 0.3) is 0 Å². The molecule has 1 aromatic rings. The van der Waals surface area contributed by atoms with Crippen molar-refractivity contribution in [2.75, 3.05) is 20.2 Å². The van der Waals surface area contributed by atoms with Crippen LogP contribution in [0.5, 0.6) is 5.75 Å². The number of aliphatic hydroxyl groups excluding tert-OH is 1. The molecule has 1 rings (SSSR count). The van der Waals surface area contributed by atoms with Gasteiger partial charge in [-0.15, -0.1) is 0 Å². The Morgan fingerprint density at radius 2 is 2.21 bits per heavy atom. The normalized spacial score (nSPS) is 12.2. The molecule has 0 aliphatic rings. The Morgan fingerprint density at radius 3 is 2.79 bits per heavy atom. The van der Waals surface area contributed by atoms with Crippen molar-refractivity contribution in [2.24, 2.45) is 0 Å². The van der Waals surface area contributed by atoms with E-state index in [1.807, 2.05) is 25.1 Å². The summed E-state index contributed by atoms with van der Waals surface area (Å²) >= 11 is 0. The Bertz CT molecular complexity index is 420. The summed E-state index contributed by atoms with van der Waals surface area (Å²) in [6, 6.07) is 5.55. The van der Waals surface area contributed by atoms with E-state index in [4.69, 9.17) is 9.84 Å². The summed E-state index contributed by atoms with van der Waals surface area (Å²) in [7, 11) is 1.61. The molecule has 5 nitrogen and oxygen atoms in total. The zero-order chi connectivity index (χ0) is 14.3. The largest absolute Gasteiger partial charge is 0.496 e. The number of nitrogens with one attached hydrogen (secondary N) is 1. The summed E-state index contributed by atoms with van der Waals surface area (Å²) in [5, 5.41) is 21.5. The van der Waals surface area contributed by atoms with E-state index >= 15 is 0 Å². The van der Waals surface area contributed by atoms with Gasteiger partial charge < -0.3 is 20.3 Å². The van der Waals surface area contributed by atoms with E-state index in [9.17, 15) is 9.90 Å². The minimum absolute atomic E-state index is 0.144. The first-order valence-corrected chi connectivity index (χ1v) is 6.29. The Kier molecular flexibility index (Phi) is 6.32. The molecule has 5 heteroatoms. The molecule has 0 aromatic heterocycles. The van der Waals surface area contributed by atoms with Gasteiger partial charge in [-0.25, -0.2) is 0 Å². The lowest BCUT2D eigenvalue weighted by Crippen LogP contribution is -2.23. The second-order valence-corrected chi connectivity index (χ2v) is 4.45. The standard InChI is InChI=1S/C14H21NO4/c1-10-8-11(5-6-13(10)19-2)12(16)9-15-7-3-4-14(17)18/h5-6,8,12,15-16H,3-4,7,9H2,1-2H3,(H,17,18). The van der Waals surface area contributed by atoms with E-state index in [1.165, 1.54) is 0 Å². The fraction of sp³-hybridized carbons (Fsp3) is 0.500. The van der Waals surface area contributed by atoms with Crippen LogP contribution in [0.1, 0.15) is 30.1 Å². The third-order valence-corrected chi connectivity index (χ3v) is 2.89. The van der Waals surface area contributed by atoms with E-state index in [0.717, 1.165) is 16.9 Å². The number of hydrogen-bond acceptors (Lipinski definition) is 4. The maximum Gasteiger partial charge on any atom is 0.303 e. The van der Waals surface area contributed by atoms with E-state index in [2.05, 4.69) is 5.32 Å². The number of carboxylic acids is 1. The number of rotatable bonds is 8. The topological polar surface area (TPSA) is 78.8 Å². The highest BCUT2D eigenvalue weighted by molar-refractivity contribution is 5.66. The van der Waals surface area contributed by atoms with Crippen molar-refractivity contribution in [1.82, 2.24) is 5.32 Å². The molecule has 1 aromatic carbocycles. The summed E-state index contributed by atoms with van der Waals surface area (Å²) in [6.07, 6.45) is 0.100. The van der Waals surface area contributed by atoms with Gasteiger partial charge in [-0.1, -0.05) is 6.07 Å². The number of aryl methyl sites for hydroxylation is 1. The molecule has 0 aliphatic carbocycles. The summed E-state index contributed by atoms with van der Waals surface area (Å²) in [5.74, 6) is -0.00139. The minimum Gasteiger partial charge on any atom is -0.496 e. The minimum atomic E-state index is -0.798. The van der Waals surface area contributed by atoms with Crippen LogP contribution in [0.4, 0.5) is 0 Å². The predicted octanol–water partition coefficient (Wildman–Crippen LogP) is 1.49. The molecule has 106 valence electrons. The maximum atomic E-state index is 10.3. The number of carboxylic acid groups (broad SMARTS) is 1. The molecule has 1 atom stereocenters. The first-order chi connectivity index (χ1) is 9.04. The number of benzene rings is 1. The first kappa shape index (κ1) is 15.5. The molecular weight excluding hydrogens is 246 g/mol. The summed E-state index contributed by atoms with van der Waals surface area (Å²) in [6.45, 7) is 2.92. The molecule has 3 N–H and O–H groups in total. The molecule has 1 unspecified atom stereocenters. The average molecular weight is 267 g/mol. The smallest absolute Gasteiger partial charge is 0.303 e. The quantitative estimate of drug-likeness (QED) is 0.622. The zero-order valence-corrected chi connectivity index (χ0v) is 11.3. The fourth-order valence-electron chi connectivity index (χ4n) is 1.83. The van der Waals surface area contributed by atoms with Gasteiger partial charge in [0.2, 0.25) is 0 Å². The highest BCUT2D eigenvalue weighted by Crippen LogP contribution is 2.22. The molecule has 0 fully saturated rings. The van der Waals surface area contributed by atoms with E-state index < -0.39 is 12.1 Å². The molecule has 19 heavy (non-hydrogen) atoms. The van der Waals surface area contributed by atoms with Gasteiger partial charge >= 0.3 is 5.97 Å². The van der Waals surface area contributed by atoms with Gasteiger partial charge in [0.15, 0.2) is 0 Å². The summed E-state index contributed by atoms with van der Waals surface area (Å²) in [5.41, 5.74) is 1.80. The Hall–Kier alpha value is -1.59. The van der Waals surface area contributed by atoms with Crippen molar-refractivity contribution in [3.8, 4) is 5.75 Å². The van der Waals surface area contributed by atoms with E-state index in [0.29, 0.717) is 19.5 Å². The van der Waals surface area contributed by atoms with E-state index in [-0.39, 0.29) is 6.42 Å². The van der Waals surface area contributed by atoms with Crippen LogP contribution >= 0.6 is 0 Å². The summed E-state index contributed by atoms with van der Waals surface area (Å²) in [4.78, 5) is 10.3. The van der Waals surface area contributed by atoms with Crippen LogP contribution in [0, 0.1) is 6.92 Å². The average Bonchev–Trinajstić information content (AvgIpc) is 2.37. The number of aliphatic carboxylic acids is 1. The van der Waals surface area contributed by atoms with Crippen molar-refractivity contribution in [1.29, 1.82) is 0 Å². The number of methoxy groups -OCH3 is 1. The first-order valence-electron chi connectivity index (χ1n) is 6.29. The lowest BCUT2D eigenvalue weighted by atomic mass is 10.1. The third-order valence-electron chi connectivity index (χ3n) is 2.89. The van der Waals surface area contributed by atoms with Gasteiger partial charge in [0.05, 0.1) is 13.2 Å². The molecular formula is C14H21NO4. The lowest BCUT2D eigenvalue weighted by Gasteiger charge is -2.14. The Labute approximate surface area is 113 Å². The number of aliphatic hydroxyl groups is 1. The van der Waals surface area contributed by atoms with Gasteiger partial charge in [-0.2, -0.15) is 0 Å². The summed E-state index contributed by atoms with van der Waals surface area (Å²) < 4.78 is 5.16. The van der Waals surface area contributed by atoms with E-state index in [1.54, 1.807) is 7.11 Å². The second kappa shape index (κ2) is 7.76. The molecule has 0 amide bonds. The van der Waals surface area contributed by atoms with Gasteiger partial charge in [-0.05, 0) is 43.1 Å². The van der Waals surface area contributed by atoms with Gasteiger partial charge in [0.1, 0.15) is 5.75 Å². The van der Waals surface area contributed by atoms with Crippen LogP contribution in [-0.4, -0.2) is 36.4 Å². The fourth-order valence-corrected chi connectivity index (χ4v) is 1.83. The SMILES string of the molecule is COc1ccc(C(O)CNCCCC(=O)O)cc1C. The molecule has 0 saturated heterocycles.